The first kappa shape index (κ1) is 66.1. The monoisotopic (exact) mass is 1240 g/mol. The number of hydrogen-bond acceptors (Lipinski definition) is 16. The minimum absolute atomic E-state index is 0.0146. The lowest BCUT2D eigenvalue weighted by molar-refractivity contribution is -0.171. The molecular weight excluding hydrogens is 1170 g/mol. The summed E-state index contributed by atoms with van der Waals surface area (Å²) in [6, 6.07) is 17.5. The SMILES string of the molecule is CNC(=O)c1cc(Cl)c(OC(C)(C)C(=O)OC(C)(C)C)cc1OC[C@@H](O)CN1CCC2(CC1)Cc1cc(Cl)ccc1O2.CNC(=O)c1cc(Cl)c(OC(C)(C)C(=O)OC(C)(C)C)cc1OC[C@@H]1CO1.Clc1ccc2c(c1)CC1(CCNCC1)O2. The second-order valence-corrected chi connectivity index (χ2v) is 26.3. The number of hydrogen-bond donors (Lipinski definition) is 4. The number of carbonyl (C=O) groups excluding carboxylic acids is 4. The molecule has 9 rings (SSSR count). The van der Waals surface area contributed by atoms with Gasteiger partial charge in [-0.15, -0.1) is 0 Å². The summed E-state index contributed by atoms with van der Waals surface area (Å²) in [7, 11) is 3.01. The number of rotatable bonds is 16. The maximum Gasteiger partial charge on any atom is 0.350 e. The van der Waals surface area contributed by atoms with Gasteiger partial charge < -0.3 is 68.6 Å². The standard InChI is InChI=1S/C31H40Cl2N2O7.C19H26ClNO6.C12H14ClNO/c1-29(2,3)42-28(38)30(4,5)40-26-15-25(22(14-23(26)33)27(37)34-6)39-18-21(36)17-35-11-9-31(10-12-35)16-19-13-20(32)7-8-24(19)41-31;1-18(2,3)27-17(23)19(4,5)26-15-8-14(25-10-11-9-24-11)12(7-13(15)20)16(22)21-6;13-10-1-2-11-9(7-10)8-12(15-11)3-5-14-6-4-12/h7-8,13-15,21,36H,9-12,16-18H2,1-6H3,(H,34,37);7-8,11H,9-10H2,1-6H3,(H,21,22);1-2,7,14H,3-6,8H2/t21-;11-;/m00./s1. The molecule has 0 radical (unpaired) electrons. The van der Waals surface area contributed by atoms with E-state index in [0.717, 1.165) is 86.8 Å². The van der Waals surface area contributed by atoms with Crippen LogP contribution < -0.4 is 44.4 Å². The van der Waals surface area contributed by atoms with E-state index in [4.69, 9.17) is 89.0 Å². The van der Waals surface area contributed by atoms with Crippen LogP contribution in [0.1, 0.15) is 127 Å². The Bertz CT molecular complexity index is 3020. The number of nitrogens with zero attached hydrogens (tertiary/aromatic N) is 1. The number of aliphatic hydroxyl groups excluding tert-OH is 1. The number of esters is 2. The number of benzene rings is 4. The minimum atomic E-state index is -1.37. The van der Waals surface area contributed by atoms with Crippen molar-refractivity contribution in [1.82, 2.24) is 20.9 Å². The fourth-order valence-corrected chi connectivity index (χ4v) is 10.6. The van der Waals surface area contributed by atoms with Gasteiger partial charge in [-0.2, -0.15) is 0 Å². The van der Waals surface area contributed by atoms with E-state index in [2.05, 4.69) is 20.9 Å². The number of likely N-dealkylation sites (tertiary alicyclic amines) is 1. The summed E-state index contributed by atoms with van der Waals surface area (Å²) in [4.78, 5) is 52.0. The first-order valence-corrected chi connectivity index (χ1v) is 29.7. The lowest BCUT2D eigenvalue weighted by Crippen LogP contribution is -2.49. The Labute approximate surface area is 513 Å². The minimum Gasteiger partial charge on any atom is -0.490 e. The highest BCUT2D eigenvalue weighted by molar-refractivity contribution is 6.33. The van der Waals surface area contributed by atoms with Gasteiger partial charge in [0.15, 0.2) is 11.2 Å². The van der Waals surface area contributed by atoms with Crippen molar-refractivity contribution in [2.75, 3.05) is 66.6 Å². The molecular formula is C62H80Cl4N4O14. The van der Waals surface area contributed by atoms with Crippen LogP contribution in [0.25, 0.3) is 0 Å². The molecule has 0 unspecified atom stereocenters. The average Bonchev–Trinajstić information content (AvgIpc) is 3.39. The van der Waals surface area contributed by atoms with Crippen LogP contribution in [0.3, 0.4) is 0 Å². The third kappa shape index (κ3) is 18.1. The Kier molecular flexibility index (Phi) is 21.3. The fourth-order valence-electron chi connectivity index (χ4n) is 9.80. The zero-order valence-electron chi connectivity index (χ0n) is 50.0. The number of amides is 2. The Hall–Kier alpha value is -5.44. The maximum atomic E-state index is 12.7. The summed E-state index contributed by atoms with van der Waals surface area (Å²) >= 11 is 24.9. The van der Waals surface area contributed by atoms with Gasteiger partial charge in [0, 0.05) is 81.6 Å². The molecule has 22 heteroatoms. The third-order valence-electron chi connectivity index (χ3n) is 14.3. The van der Waals surface area contributed by atoms with Gasteiger partial charge in [0.05, 0.1) is 27.8 Å². The van der Waals surface area contributed by atoms with E-state index in [9.17, 15) is 24.3 Å². The van der Waals surface area contributed by atoms with Crippen LogP contribution in [0.5, 0.6) is 34.5 Å². The van der Waals surface area contributed by atoms with Gasteiger partial charge in [-0.25, -0.2) is 9.59 Å². The second-order valence-electron chi connectivity index (χ2n) is 24.7. The molecule has 2 atom stereocenters. The number of epoxide rings is 1. The molecule has 3 saturated heterocycles. The molecule has 2 amide bonds. The molecule has 3 fully saturated rings. The van der Waals surface area contributed by atoms with Crippen molar-refractivity contribution >= 4 is 70.2 Å². The number of nitrogens with one attached hydrogen (secondary N) is 3. The first-order chi connectivity index (χ1) is 39.3. The Morgan fingerprint density at radius 1 is 0.643 bits per heavy atom. The lowest BCUT2D eigenvalue weighted by atomic mass is 9.87. The van der Waals surface area contributed by atoms with Gasteiger partial charge >= 0.3 is 11.9 Å². The number of aliphatic hydroxyl groups is 1. The lowest BCUT2D eigenvalue weighted by Gasteiger charge is -2.39. The molecule has 4 aromatic rings. The highest BCUT2D eigenvalue weighted by atomic mass is 35.5. The topological polar surface area (TPSA) is 214 Å². The van der Waals surface area contributed by atoms with Gasteiger partial charge in [0.1, 0.15) is 82.3 Å². The van der Waals surface area contributed by atoms with Crippen LogP contribution in [0.15, 0.2) is 60.7 Å². The van der Waals surface area contributed by atoms with E-state index in [1.54, 1.807) is 69.2 Å². The van der Waals surface area contributed by atoms with Crippen molar-refractivity contribution in [3.8, 4) is 34.5 Å². The molecule has 4 aromatic carbocycles. The molecule has 5 heterocycles. The van der Waals surface area contributed by atoms with E-state index in [0.29, 0.717) is 30.5 Å². The molecule has 0 bridgehead atoms. The van der Waals surface area contributed by atoms with Crippen molar-refractivity contribution in [1.29, 1.82) is 0 Å². The van der Waals surface area contributed by atoms with Crippen LogP contribution in [-0.2, 0) is 36.6 Å². The molecule has 0 aliphatic carbocycles. The normalized spacial score (nSPS) is 17.9. The van der Waals surface area contributed by atoms with Crippen molar-refractivity contribution in [3.05, 3.63) is 103 Å². The van der Waals surface area contributed by atoms with Crippen LogP contribution >= 0.6 is 46.4 Å². The van der Waals surface area contributed by atoms with Crippen molar-refractivity contribution in [2.45, 2.75) is 154 Å². The largest absolute Gasteiger partial charge is 0.490 e. The third-order valence-corrected chi connectivity index (χ3v) is 15.3. The zero-order valence-corrected chi connectivity index (χ0v) is 53.1. The predicted octanol–water partition coefficient (Wildman–Crippen LogP) is 10.4. The zero-order chi connectivity index (χ0) is 61.6. The number of halogens is 4. The Morgan fingerprint density at radius 2 is 1.07 bits per heavy atom. The molecule has 2 spiro atoms. The smallest absolute Gasteiger partial charge is 0.350 e. The van der Waals surface area contributed by atoms with Crippen LogP contribution in [0.2, 0.25) is 20.1 Å². The van der Waals surface area contributed by atoms with E-state index in [1.807, 2.05) is 36.4 Å². The van der Waals surface area contributed by atoms with Crippen LogP contribution in [-0.4, -0.2) is 146 Å². The fraction of sp³-hybridized carbons (Fsp3) is 0.548. The summed E-state index contributed by atoms with van der Waals surface area (Å²) in [5, 5.41) is 21.1. The molecule has 460 valence electrons. The molecule has 5 aliphatic rings. The van der Waals surface area contributed by atoms with Crippen LogP contribution in [0.4, 0.5) is 0 Å². The van der Waals surface area contributed by atoms with E-state index < -0.39 is 46.4 Å². The number of β-amino-alcohol motifs (C(OH)–C–C–N with tert-alkyl or cyclic N) is 1. The van der Waals surface area contributed by atoms with Gasteiger partial charge in [-0.05, 0) is 155 Å². The molecule has 18 nitrogen and oxygen atoms in total. The molecule has 0 saturated carbocycles. The number of ether oxygens (including phenoxy) is 9. The number of piperidine rings is 2. The first-order valence-electron chi connectivity index (χ1n) is 28.2. The summed E-state index contributed by atoms with van der Waals surface area (Å²) in [5.74, 6) is 0.882. The number of fused-ring (bicyclic) bond motifs is 2. The van der Waals surface area contributed by atoms with Crippen LogP contribution in [0, 0.1) is 0 Å². The summed E-state index contributed by atoms with van der Waals surface area (Å²) in [5.41, 5.74) is -1.34. The highest BCUT2D eigenvalue weighted by Gasteiger charge is 2.44. The van der Waals surface area contributed by atoms with E-state index in [-0.39, 0.29) is 68.2 Å². The Morgan fingerprint density at radius 3 is 1.49 bits per heavy atom. The average molecular weight is 1250 g/mol. The summed E-state index contributed by atoms with van der Waals surface area (Å²) in [6.45, 7) is 21.8. The summed E-state index contributed by atoms with van der Waals surface area (Å²) < 4.78 is 51.8. The predicted molar refractivity (Wildman–Crippen MR) is 322 cm³/mol. The van der Waals surface area contributed by atoms with Crippen molar-refractivity contribution < 1.29 is 66.9 Å². The van der Waals surface area contributed by atoms with Gasteiger partial charge in [-0.3, -0.25) is 9.59 Å². The summed E-state index contributed by atoms with van der Waals surface area (Å²) in [6.07, 6.45) is 4.90. The maximum absolute atomic E-state index is 12.7. The van der Waals surface area contributed by atoms with Gasteiger partial charge in [0.2, 0.25) is 0 Å². The van der Waals surface area contributed by atoms with Gasteiger partial charge in [-0.1, -0.05) is 46.4 Å². The van der Waals surface area contributed by atoms with Crippen molar-refractivity contribution in [3.63, 3.8) is 0 Å². The quantitative estimate of drug-likeness (QED) is 0.0606. The molecule has 5 aliphatic heterocycles. The highest BCUT2D eigenvalue weighted by Crippen LogP contribution is 2.44. The second kappa shape index (κ2) is 27.1. The van der Waals surface area contributed by atoms with E-state index in [1.165, 1.54) is 43.9 Å². The molecule has 0 aromatic heterocycles. The van der Waals surface area contributed by atoms with Gasteiger partial charge in [0.25, 0.3) is 11.8 Å². The molecule has 84 heavy (non-hydrogen) atoms. The van der Waals surface area contributed by atoms with E-state index >= 15 is 0 Å². The van der Waals surface area contributed by atoms with Crippen molar-refractivity contribution in [2.24, 2.45) is 0 Å². The number of carbonyl (C=O) groups is 4. The Balaban J connectivity index is 0.000000204. The molecule has 4 N–H and O–H groups in total.